The van der Waals surface area contributed by atoms with Crippen LogP contribution in [-0.4, -0.2) is 43.9 Å². The van der Waals surface area contributed by atoms with Crippen molar-refractivity contribution in [2.24, 2.45) is 12.8 Å². The van der Waals surface area contributed by atoms with E-state index in [9.17, 15) is 14.4 Å². The second-order valence-electron chi connectivity index (χ2n) is 10.7. The summed E-state index contributed by atoms with van der Waals surface area (Å²) >= 11 is 0. The lowest BCUT2D eigenvalue weighted by Crippen LogP contribution is -2.45. The molecule has 0 radical (unpaired) electrons. The molecule has 2 amide bonds. The number of ether oxygens (including phenoxy) is 1. The van der Waals surface area contributed by atoms with Gasteiger partial charge in [-0.15, -0.1) is 0 Å². The Morgan fingerprint density at radius 3 is 2.61 bits per heavy atom. The van der Waals surface area contributed by atoms with Crippen molar-refractivity contribution < 1.29 is 19.1 Å². The van der Waals surface area contributed by atoms with Gasteiger partial charge in [-0.2, -0.15) is 0 Å². The number of nitrogens with two attached hydrogens (primary N) is 1. The van der Waals surface area contributed by atoms with Gasteiger partial charge >= 0.3 is 5.97 Å². The molecular weight excluding hydrogens is 456 g/mol. The fourth-order valence-corrected chi connectivity index (χ4v) is 5.07. The second-order valence-corrected chi connectivity index (χ2v) is 10.7. The highest BCUT2D eigenvalue weighted by Crippen LogP contribution is 2.36. The number of fused-ring (bicyclic) bond motifs is 1. The summed E-state index contributed by atoms with van der Waals surface area (Å²) in [5, 5.41) is 0. The number of carbonyl (C=O) groups is 3. The molecule has 4 rings (SSSR count). The molecule has 36 heavy (non-hydrogen) atoms. The number of hydrogen-bond acceptors (Lipinski definition) is 5. The van der Waals surface area contributed by atoms with E-state index >= 15 is 0 Å². The minimum absolute atomic E-state index is 0.00192. The molecule has 2 aliphatic rings. The number of nitrogens with zero attached hydrogens (tertiary/aromatic N) is 3. The SMILES string of the molecule is Cc1nc(-c2ccc3c(c2)CN(C(CCC(=O)OC(C)(C)C)C(N)=O)C3=O)c(C2=CCCCC2)n1C. The van der Waals surface area contributed by atoms with Crippen LogP contribution in [0.15, 0.2) is 24.3 Å². The molecule has 8 nitrogen and oxygen atoms in total. The molecule has 1 unspecified atom stereocenters. The molecule has 1 atom stereocenters. The van der Waals surface area contributed by atoms with Gasteiger partial charge in [-0.05, 0) is 83.1 Å². The van der Waals surface area contributed by atoms with E-state index in [-0.39, 0.29) is 25.3 Å². The molecule has 1 aliphatic heterocycles. The number of imidazole rings is 1. The first kappa shape index (κ1) is 25.7. The number of benzene rings is 1. The number of rotatable bonds is 7. The zero-order valence-corrected chi connectivity index (χ0v) is 21.9. The zero-order valence-electron chi connectivity index (χ0n) is 21.9. The maximum Gasteiger partial charge on any atom is 0.306 e. The van der Waals surface area contributed by atoms with Crippen LogP contribution in [0.2, 0.25) is 0 Å². The Morgan fingerprint density at radius 2 is 1.97 bits per heavy atom. The molecule has 192 valence electrons. The van der Waals surface area contributed by atoms with Gasteiger partial charge in [-0.25, -0.2) is 4.98 Å². The fourth-order valence-electron chi connectivity index (χ4n) is 5.07. The Labute approximate surface area is 212 Å². The van der Waals surface area contributed by atoms with E-state index in [4.69, 9.17) is 15.5 Å². The van der Waals surface area contributed by atoms with Crippen molar-refractivity contribution in [1.82, 2.24) is 14.5 Å². The van der Waals surface area contributed by atoms with Crippen molar-refractivity contribution in [2.45, 2.75) is 84.4 Å². The summed E-state index contributed by atoms with van der Waals surface area (Å²) in [5.41, 5.74) is 10.7. The second kappa shape index (κ2) is 9.91. The molecule has 1 aliphatic carbocycles. The molecule has 0 spiro atoms. The number of allylic oxidation sites excluding steroid dienone is 2. The van der Waals surface area contributed by atoms with E-state index in [1.54, 1.807) is 20.8 Å². The summed E-state index contributed by atoms with van der Waals surface area (Å²) in [6.45, 7) is 7.61. The van der Waals surface area contributed by atoms with Gasteiger partial charge in [0, 0.05) is 31.1 Å². The number of esters is 1. The Hall–Kier alpha value is -3.42. The van der Waals surface area contributed by atoms with E-state index in [2.05, 4.69) is 10.6 Å². The Morgan fingerprint density at radius 1 is 1.22 bits per heavy atom. The number of aryl methyl sites for hydroxylation is 1. The number of amides is 2. The molecule has 1 aromatic heterocycles. The van der Waals surface area contributed by atoms with E-state index in [1.807, 2.05) is 32.2 Å². The van der Waals surface area contributed by atoms with Crippen LogP contribution < -0.4 is 5.73 Å². The topological polar surface area (TPSA) is 108 Å². The van der Waals surface area contributed by atoms with Crippen molar-refractivity contribution in [2.75, 3.05) is 0 Å². The summed E-state index contributed by atoms with van der Waals surface area (Å²) in [5.74, 6) is -0.375. The summed E-state index contributed by atoms with van der Waals surface area (Å²) in [4.78, 5) is 44.0. The molecule has 2 heterocycles. The lowest BCUT2D eigenvalue weighted by molar-refractivity contribution is -0.155. The van der Waals surface area contributed by atoms with Gasteiger partial charge in [-0.3, -0.25) is 14.4 Å². The van der Waals surface area contributed by atoms with Gasteiger partial charge in [-0.1, -0.05) is 12.1 Å². The van der Waals surface area contributed by atoms with Gasteiger partial charge in [0.05, 0.1) is 11.4 Å². The summed E-state index contributed by atoms with van der Waals surface area (Å²) < 4.78 is 7.48. The monoisotopic (exact) mass is 492 g/mol. The number of hydrogen-bond donors (Lipinski definition) is 1. The van der Waals surface area contributed by atoms with Crippen molar-refractivity contribution in [1.29, 1.82) is 0 Å². The quantitative estimate of drug-likeness (QED) is 0.581. The van der Waals surface area contributed by atoms with Crippen LogP contribution >= 0.6 is 0 Å². The van der Waals surface area contributed by atoms with Crippen LogP contribution in [0.5, 0.6) is 0 Å². The number of aromatic nitrogens is 2. The lowest BCUT2D eigenvalue weighted by atomic mass is 9.94. The summed E-state index contributed by atoms with van der Waals surface area (Å²) in [6.07, 6.45) is 6.91. The predicted molar refractivity (Wildman–Crippen MR) is 138 cm³/mol. The molecular formula is C28H36N4O4. The number of primary amides is 1. The first-order valence-corrected chi connectivity index (χ1v) is 12.6. The van der Waals surface area contributed by atoms with Crippen LogP contribution in [-0.2, 0) is 27.9 Å². The Balaban J connectivity index is 1.59. The maximum atomic E-state index is 13.2. The standard InChI is InChI=1S/C28H36N4O4/c1-17-30-24(25(31(17)5)18-9-7-6-8-10-18)19-11-12-21-20(15-19)16-32(27(21)35)22(26(29)34)13-14-23(33)36-28(2,3)4/h9,11-12,15,22H,6-8,10,13-14,16H2,1-5H3,(H2,29,34). The van der Waals surface area contributed by atoms with E-state index in [0.29, 0.717) is 5.56 Å². The van der Waals surface area contributed by atoms with Gasteiger partial charge in [0.1, 0.15) is 17.5 Å². The molecule has 1 aromatic carbocycles. The minimum Gasteiger partial charge on any atom is -0.460 e. The molecule has 0 bridgehead atoms. The lowest BCUT2D eigenvalue weighted by Gasteiger charge is -2.25. The van der Waals surface area contributed by atoms with Crippen LogP contribution in [0.1, 0.15) is 86.7 Å². The highest BCUT2D eigenvalue weighted by molar-refractivity contribution is 6.01. The summed E-state index contributed by atoms with van der Waals surface area (Å²) in [6, 6.07) is 4.84. The Kier molecular flexibility index (Phi) is 7.07. The first-order valence-electron chi connectivity index (χ1n) is 12.6. The van der Waals surface area contributed by atoms with Gasteiger partial charge in [0.15, 0.2) is 0 Å². The number of carbonyl (C=O) groups excluding carboxylic acids is 3. The highest BCUT2D eigenvalue weighted by Gasteiger charge is 2.36. The van der Waals surface area contributed by atoms with Crippen LogP contribution in [0.3, 0.4) is 0 Å². The smallest absolute Gasteiger partial charge is 0.306 e. The van der Waals surface area contributed by atoms with Crippen molar-refractivity contribution in [3.8, 4) is 11.3 Å². The third-order valence-corrected chi connectivity index (χ3v) is 6.87. The Bertz CT molecular complexity index is 1230. The molecule has 2 N–H and O–H groups in total. The minimum atomic E-state index is -0.888. The maximum absolute atomic E-state index is 13.2. The highest BCUT2D eigenvalue weighted by atomic mass is 16.6. The van der Waals surface area contributed by atoms with Crippen LogP contribution in [0.25, 0.3) is 16.8 Å². The largest absolute Gasteiger partial charge is 0.460 e. The average Bonchev–Trinajstić information content (AvgIpc) is 3.29. The van der Waals surface area contributed by atoms with Crippen molar-refractivity contribution in [3.05, 3.63) is 46.9 Å². The van der Waals surface area contributed by atoms with Gasteiger partial charge in [0.25, 0.3) is 5.91 Å². The molecule has 0 fully saturated rings. The normalized spacial score (nSPS) is 16.5. The van der Waals surface area contributed by atoms with Gasteiger partial charge < -0.3 is 19.9 Å². The zero-order chi connectivity index (χ0) is 26.2. The third kappa shape index (κ3) is 5.22. The third-order valence-electron chi connectivity index (χ3n) is 6.87. The first-order chi connectivity index (χ1) is 17.0. The molecule has 2 aromatic rings. The fraction of sp³-hybridized carbons (Fsp3) is 0.500. The van der Waals surface area contributed by atoms with Crippen molar-refractivity contribution in [3.63, 3.8) is 0 Å². The van der Waals surface area contributed by atoms with Gasteiger partial charge in [0.2, 0.25) is 5.91 Å². The van der Waals surface area contributed by atoms with Crippen LogP contribution in [0.4, 0.5) is 0 Å². The molecule has 8 heteroatoms. The van der Waals surface area contributed by atoms with Crippen LogP contribution in [0, 0.1) is 6.92 Å². The average molecular weight is 493 g/mol. The van der Waals surface area contributed by atoms with E-state index < -0.39 is 23.5 Å². The summed E-state index contributed by atoms with van der Waals surface area (Å²) in [7, 11) is 2.04. The van der Waals surface area contributed by atoms with E-state index in [1.165, 1.54) is 23.3 Å². The van der Waals surface area contributed by atoms with E-state index in [0.717, 1.165) is 41.2 Å². The van der Waals surface area contributed by atoms with Crippen molar-refractivity contribution >= 4 is 23.4 Å². The molecule has 0 saturated carbocycles. The molecule has 0 saturated heterocycles. The predicted octanol–water partition coefficient (Wildman–Crippen LogP) is 4.28.